The van der Waals surface area contributed by atoms with Gasteiger partial charge in [0.05, 0.1) is 11.0 Å². The normalized spacial score (nSPS) is 10.8. The van der Waals surface area contributed by atoms with Gasteiger partial charge in [-0.15, -0.1) is 0 Å². The van der Waals surface area contributed by atoms with E-state index in [1.165, 1.54) is 0 Å². The monoisotopic (exact) mass is 239 g/mol. The molecule has 2 N–H and O–H groups in total. The van der Waals surface area contributed by atoms with Crippen LogP contribution in [0.1, 0.15) is 11.5 Å². The van der Waals surface area contributed by atoms with Crippen LogP contribution in [-0.4, -0.2) is 19.9 Å². The molecule has 0 spiro atoms. The Morgan fingerprint density at radius 1 is 1.06 bits per heavy atom. The second-order valence-corrected chi connectivity index (χ2v) is 4.17. The minimum Gasteiger partial charge on any atom is -0.324 e. The van der Waals surface area contributed by atoms with Crippen molar-refractivity contribution < 1.29 is 0 Å². The van der Waals surface area contributed by atoms with Crippen molar-refractivity contribution in [2.45, 2.75) is 13.8 Å². The van der Waals surface area contributed by atoms with Gasteiger partial charge in [-0.05, 0) is 26.0 Å². The molecule has 3 aromatic rings. The lowest BCUT2D eigenvalue weighted by atomic mass is 10.3. The van der Waals surface area contributed by atoms with Crippen LogP contribution in [0.4, 0.5) is 11.8 Å². The molecule has 2 heterocycles. The molecule has 1 aromatic carbocycles. The van der Waals surface area contributed by atoms with Crippen molar-refractivity contribution in [1.29, 1.82) is 0 Å². The van der Waals surface area contributed by atoms with Crippen LogP contribution in [-0.2, 0) is 0 Å². The Morgan fingerprint density at radius 2 is 1.89 bits per heavy atom. The predicted molar refractivity (Wildman–Crippen MR) is 70.9 cm³/mol. The quantitative estimate of drug-likeness (QED) is 0.721. The highest BCUT2D eigenvalue weighted by atomic mass is 15.2. The van der Waals surface area contributed by atoms with Gasteiger partial charge in [0.25, 0.3) is 0 Å². The molecule has 0 radical (unpaired) electrons. The summed E-state index contributed by atoms with van der Waals surface area (Å²) in [6.07, 6.45) is 0. The maximum Gasteiger partial charge on any atom is 0.206 e. The van der Waals surface area contributed by atoms with E-state index >= 15 is 0 Å². The zero-order valence-corrected chi connectivity index (χ0v) is 10.2. The number of nitrogens with zero attached hydrogens (tertiary/aromatic N) is 3. The fourth-order valence-corrected chi connectivity index (χ4v) is 1.91. The molecule has 5 heteroatoms. The van der Waals surface area contributed by atoms with Crippen LogP contribution >= 0.6 is 0 Å². The molecule has 5 nitrogen and oxygen atoms in total. The van der Waals surface area contributed by atoms with Gasteiger partial charge in [-0.1, -0.05) is 12.1 Å². The third-order valence-electron chi connectivity index (χ3n) is 2.60. The van der Waals surface area contributed by atoms with E-state index in [1.54, 1.807) is 0 Å². The number of H-pyrrole nitrogens is 1. The number of benzene rings is 1. The fraction of sp³-hybridized carbons (Fsp3) is 0.154. The molecule has 0 amide bonds. The Labute approximate surface area is 104 Å². The standard InChI is InChI=1S/C13H13N5/c1-8-7-12(15-9(2)14-8)18-13-16-10-5-3-4-6-11(10)17-13/h3-7H,1-2H3,(H2,14,15,16,17,18). The summed E-state index contributed by atoms with van der Waals surface area (Å²) in [5.74, 6) is 2.18. The average Bonchev–Trinajstić information content (AvgIpc) is 2.69. The first kappa shape index (κ1) is 10.7. The Balaban J connectivity index is 1.96. The van der Waals surface area contributed by atoms with Crippen molar-refractivity contribution in [3.8, 4) is 0 Å². The zero-order valence-electron chi connectivity index (χ0n) is 10.2. The molecule has 0 fully saturated rings. The van der Waals surface area contributed by atoms with Crippen LogP contribution in [0.2, 0.25) is 0 Å². The number of fused-ring (bicyclic) bond motifs is 1. The molecule has 90 valence electrons. The number of aromatic nitrogens is 4. The van der Waals surface area contributed by atoms with E-state index in [4.69, 9.17) is 0 Å². The largest absolute Gasteiger partial charge is 0.324 e. The summed E-state index contributed by atoms with van der Waals surface area (Å²) in [5, 5.41) is 3.16. The minimum absolute atomic E-state index is 0.689. The van der Waals surface area contributed by atoms with Crippen molar-refractivity contribution in [2.24, 2.45) is 0 Å². The van der Waals surface area contributed by atoms with Crippen LogP contribution < -0.4 is 5.32 Å². The van der Waals surface area contributed by atoms with Gasteiger partial charge in [-0.2, -0.15) is 0 Å². The SMILES string of the molecule is Cc1cc(Nc2nc3ccccc3[nH]2)nc(C)n1. The Morgan fingerprint density at radius 3 is 2.67 bits per heavy atom. The van der Waals surface area contributed by atoms with Crippen LogP contribution in [0.3, 0.4) is 0 Å². The van der Waals surface area contributed by atoms with Gasteiger partial charge in [0.15, 0.2) is 0 Å². The smallest absolute Gasteiger partial charge is 0.206 e. The topological polar surface area (TPSA) is 66.5 Å². The van der Waals surface area contributed by atoms with Gasteiger partial charge >= 0.3 is 0 Å². The number of anilines is 2. The summed E-state index contributed by atoms with van der Waals surface area (Å²) >= 11 is 0. The van der Waals surface area contributed by atoms with E-state index in [2.05, 4.69) is 25.3 Å². The summed E-state index contributed by atoms with van der Waals surface area (Å²) in [6, 6.07) is 9.78. The third kappa shape index (κ3) is 2.02. The van der Waals surface area contributed by atoms with Crippen LogP contribution in [0.15, 0.2) is 30.3 Å². The molecule has 0 aliphatic heterocycles. The van der Waals surface area contributed by atoms with Crippen LogP contribution in [0.5, 0.6) is 0 Å². The van der Waals surface area contributed by atoms with Gasteiger partial charge in [0.1, 0.15) is 11.6 Å². The van der Waals surface area contributed by atoms with Gasteiger partial charge < -0.3 is 10.3 Å². The van der Waals surface area contributed by atoms with Crippen molar-refractivity contribution >= 4 is 22.8 Å². The second-order valence-electron chi connectivity index (χ2n) is 4.17. The maximum absolute atomic E-state index is 4.44. The number of aryl methyl sites for hydroxylation is 2. The summed E-state index contributed by atoms with van der Waals surface area (Å²) in [4.78, 5) is 16.2. The van der Waals surface area contributed by atoms with Crippen molar-refractivity contribution in [3.05, 3.63) is 41.9 Å². The maximum atomic E-state index is 4.44. The number of aromatic amines is 1. The van der Waals surface area contributed by atoms with Gasteiger partial charge in [-0.3, -0.25) is 0 Å². The molecule has 18 heavy (non-hydrogen) atoms. The number of rotatable bonds is 2. The molecule has 0 saturated carbocycles. The molecule has 2 aromatic heterocycles. The van der Waals surface area contributed by atoms with Gasteiger partial charge in [0.2, 0.25) is 5.95 Å². The lowest BCUT2D eigenvalue weighted by molar-refractivity contribution is 1.01. The lowest BCUT2D eigenvalue weighted by Crippen LogP contribution is -1.99. The summed E-state index contributed by atoms with van der Waals surface area (Å²) in [5.41, 5.74) is 2.87. The number of nitrogens with one attached hydrogen (secondary N) is 2. The molecule has 3 rings (SSSR count). The van der Waals surface area contributed by atoms with Crippen molar-refractivity contribution in [3.63, 3.8) is 0 Å². The highest BCUT2D eigenvalue weighted by Crippen LogP contribution is 2.17. The molecule has 0 saturated heterocycles. The van der Waals surface area contributed by atoms with E-state index in [-0.39, 0.29) is 0 Å². The zero-order chi connectivity index (χ0) is 12.5. The summed E-state index contributed by atoms with van der Waals surface area (Å²) in [7, 11) is 0. The number of hydrogen-bond donors (Lipinski definition) is 2. The molecular formula is C13H13N5. The van der Waals surface area contributed by atoms with Crippen molar-refractivity contribution in [1.82, 2.24) is 19.9 Å². The number of imidazole rings is 1. The molecule has 0 aliphatic carbocycles. The molecular weight excluding hydrogens is 226 g/mol. The first-order valence-electron chi connectivity index (χ1n) is 5.75. The highest BCUT2D eigenvalue weighted by Gasteiger charge is 2.04. The number of hydrogen-bond acceptors (Lipinski definition) is 4. The van der Waals surface area contributed by atoms with E-state index in [9.17, 15) is 0 Å². The molecule has 0 bridgehead atoms. The van der Waals surface area contributed by atoms with Crippen molar-refractivity contribution in [2.75, 3.05) is 5.32 Å². The molecule has 0 atom stereocenters. The van der Waals surface area contributed by atoms with E-state index in [1.807, 2.05) is 44.2 Å². The van der Waals surface area contributed by atoms with Gasteiger partial charge in [0, 0.05) is 11.8 Å². The molecule has 0 unspecified atom stereocenters. The van der Waals surface area contributed by atoms with Crippen LogP contribution in [0, 0.1) is 13.8 Å². The Bertz CT molecular complexity index is 648. The second kappa shape index (κ2) is 4.10. The number of para-hydroxylation sites is 2. The Kier molecular flexibility index (Phi) is 2.44. The molecule has 0 aliphatic rings. The predicted octanol–water partition coefficient (Wildman–Crippen LogP) is 2.71. The average molecular weight is 239 g/mol. The van der Waals surface area contributed by atoms with E-state index in [0.29, 0.717) is 5.95 Å². The van der Waals surface area contributed by atoms with Gasteiger partial charge in [-0.25, -0.2) is 15.0 Å². The van der Waals surface area contributed by atoms with E-state index < -0.39 is 0 Å². The fourth-order valence-electron chi connectivity index (χ4n) is 1.91. The highest BCUT2D eigenvalue weighted by molar-refractivity contribution is 5.77. The summed E-state index contributed by atoms with van der Waals surface area (Å²) < 4.78 is 0. The summed E-state index contributed by atoms with van der Waals surface area (Å²) in [6.45, 7) is 3.81. The van der Waals surface area contributed by atoms with Crippen LogP contribution in [0.25, 0.3) is 11.0 Å². The first-order valence-corrected chi connectivity index (χ1v) is 5.75. The Hall–Kier alpha value is -2.43. The lowest BCUT2D eigenvalue weighted by Gasteiger charge is -2.03. The third-order valence-corrected chi connectivity index (χ3v) is 2.60. The van der Waals surface area contributed by atoms with E-state index in [0.717, 1.165) is 28.4 Å². The minimum atomic E-state index is 0.689. The first-order chi connectivity index (χ1) is 8.70.